The van der Waals surface area contributed by atoms with Gasteiger partial charge < -0.3 is 10.2 Å². The smallest absolute Gasteiger partial charge is 0.137 e. The molecule has 0 bridgehead atoms. The highest BCUT2D eigenvalue weighted by molar-refractivity contribution is 9.10. The van der Waals surface area contributed by atoms with Crippen LogP contribution in [0.15, 0.2) is 22.7 Å². The van der Waals surface area contributed by atoms with E-state index in [9.17, 15) is 4.39 Å². The number of halogens is 2. The third kappa shape index (κ3) is 4.05. The van der Waals surface area contributed by atoms with Gasteiger partial charge in [-0.1, -0.05) is 12.1 Å². The Morgan fingerprint density at radius 1 is 1.35 bits per heavy atom. The summed E-state index contributed by atoms with van der Waals surface area (Å²) >= 11 is 3.26. The van der Waals surface area contributed by atoms with Crippen LogP contribution in [0, 0.1) is 5.82 Å². The number of hydrogen-bond acceptors (Lipinski definition) is 2. The molecule has 0 aliphatic heterocycles. The molecule has 2 nitrogen and oxygen atoms in total. The van der Waals surface area contributed by atoms with Gasteiger partial charge >= 0.3 is 0 Å². The summed E-state index contributed by atoms with van der Waals surface area (Å²) in [7, 11) is 4.11. The van der Waals surface area contributed by atoms with Crippen molar-refractivity contribution in [2.24, 2.45) is 0 Å². The molecule has 17 heavy (non-hydrogen) atoms. The fourth-order valence-electron chi connectivity index (χ4n) is 1.35. The lowest BCUT2D eigenvalue weighted by Gasteiger charge is -2.32. The normalized spacial score (nSPS) is 12.2. The van der Waals surface area contributed by atoms with Crippen LogP contribution in [0.1, 0.15) is 19.4 Å². The monoisotopic (exact) mass is 302 g/mol. The molecule has 0 heterocycles. The van der Waals surface area contributed by atoms with Crippen molar-refractivity contribution in [1.82, 2.24) is 10.2 Å². The lowest BCUT2D eigenvalue weighted by Crippen LogP contribution is -2.46. The quantitative estimate of drug-likeness (QED) is 0.899. The van der Waals surface area contributed by atoms with E-state index >= 15 is 0 Å². The lowest BCUT2D eigenvalue weighted by molar-refractivity contribution is 0.189. The molecule has 0 unspecified atom stereocenters. The van der Waals surface area contributed by atoms with Crippen LogP contribution in [-0.2, 0) is 6.54 Å². The standard InChI is InChI=1S/C13H20BrFN2/c1-13(2,17(3)4)9-16-8-10-6-5-7-11(15)12(10)14/h5-7,16H,8-9H2,1-4H3. The van der Waals surface area contributed by atoms with Crippen molar-refractivity contribution >= 4 is 15.9 Å². The highest BCUT2D eigenvalue weighted by atomic mass is 79.9. The Labute approximate surface area is 111 Å². The summed E-state index contributed by atoms with van der Waals surface area (Å²) in [4.78, 5) is 2.17. The Kier molecular flexibility index (Phi) is 5.10. The van der Waals surface area contributed by atoms with E-state index in [0.29, 0.717) is 11.0 Å². The van der Waals surface area contributed by atoms with Crippen LogP contribution in [0.5, 0.6) is 0 Å². The molecule has 0 atom stereocenters. The van der Waals surface area contributed by atoms with Gasteiger partial charge in [0, 0.05) is 18.6 Å². The van der Waals surface area contributed by atoms with Crippen LogP contribution in [0.4, 0.5) is 4.39 Å². The molecule has 0 fully saturated rings. The average molecular weight is 303 g/mol. The average Bonchev–Trinajstić information content (AvgIpc) is 2.24. The van der Waals surface area contributed by atoms with Gasteiger partial charge in [0.05, 0.1) is 4.47 Å². The molecule has 0 saturated heterocycles. The van der Waals surface area contributed by atoms with Crippen LogP contribution < -0.4 is 5.32 Å². The highest BCUT2D eigenvalue weighted by Crippen LogP contribution is 2.20. The first-order valence-electron chi connectivity index (χ1n) is 5.65. The Morgan fingerprint density at radius 3 is 2.59 bits per heavy atom. The van der Waals surface area contributed by atoms with Crippen molar-refractivity contribution < 1.29 is 4.39 Å². The summed E-state index contributed by atoms with van der Waals surface area (Å²) in [5.41, 5.74) is 1.03. The molecule has 4 heteroatoms. The third-order valence-electron chi connectivity index (χ3n) is 3.12. The molecule has 1 rings (SSSR count). The number of rotatable bonds is 5. The van der Waals surface area contributed by atoms with Crippen molar-refractivity contribution in [3.05, 3.63) is 34.1 Å². The molecule has 0 radical (unpaired) electrons. The zero-order valence-corrected chi connectivity index (χ0v) is 12.4. The van der Waals surface area contributed by atoms with Gasteiger partial charge in [0.25, 0.3) is 0 Å². The zero-order valence-electron chi connectivity index (χ0n) is 10.8. The minimum Gasteiger partial charge on any atom is -0.311 e. The first kappa shape index (κ1) is 14.6. The van der Waals surface area contributed by atoms with Gasteiger partial charge in [-0.15, -0.1) is 0 Å². The number of likely N-dealkylation sites (N-methyl/N-ethyl adjacent to an activating group) is 1. The van der Waals surface area contributed by atoms with Gasteiger partial charge in [0.1, 0.15) is 5.82 Å². The highest BCUT2D eigenvalue weighted by Gasteiger charge is 2.19. The molecule has 1 aromatic rings. The Morgan fingerprint density at radius 2 is 2.00 bits per heavy atom. The van der Waals surface area contributed by atoms with E-state index < -0.39 is 0 Å². The molecule has 0 amide bonds. The van der Waals surface area contributed by atoms with Gasteiger partial charge in [-0.25, -0.2) is 4.39 Å². The maximum absolute atomic E-state index is 13.3. The van der Waals surface area contributed by atoms with Crippen molar-refractivity contribution in [3.8, 4) is 0 Å². The van der Waals surface area contributed by atoms with Crippen molar-refractivity contribution in [3.63, 3.8) is 0 Å². The zero-order chi connectivity index (χ0) is 13.1. The summed E-state index contributed by atoms with van der Waals surface area (Å²) in [5.74, 6) is -0.212. The van der Waals surface area contributed by atoms with Crippen LogP contribution in [0.25, 0.3) is 0 Å². The third-order valence-corrected chi connectivity index (χ3v) is 4.00. The maximum Gasteiger partial charge on any atom is 0.137 e. The molecule has 0 aliphatic carbocycles. The van der Waals surface area contributed by atoms with E-state index in [1.54, 1.807) is 6.07 Å². The molecule has 1 N–H and O–H groups in total. The molecule has 0 saturated carbocycles. The Balaban J connectivity index is 2.55. The van der Waals surface area contributed by atoms with E-state index in [-0.39, 0.29) is 11.4 Å². The van der Waals surface area contributed by atoms with E-state index in [4.69, 9.17) is 0 Å². The summed E-state index contributed by atoms with van der Waals surface area (Å²) in [6.45, 7) is 5.85. The number of nitrogens with one attached hydrogen (secondary N) is 1. The predicted octanol–water partition coefficient (Wildman–Crippen LogP) is 3.02. The maximum atomic E-state index is 13.3. The van der Waals surface area contributed by atoms with Gasteiger partial charge in [0.15, 0.2) is 0 Å². The largest absolute Gasteiger partial charge is 0.311 e. The lowest BCUT2D eigenvalue weighted by atomic mass is 10.0. The SMILES string of the molecule is CN(C)C(C)(C)CNCc1cccc(F)c1Br. The van der Waals surface area contributed by atoms with E-state index in [0.717, 1.165) is 12.1 Å². The summed E-state index contributed by atoms with van der Waals surface area (Å²) in [6.07, 6.45) is 0. The second kappa shape index (κ2) is 5.94. The van der Waals surface area contributed by atoms with E-state index in [1.165, 1.54) is 6.07 Å². The van der Waals surface area contributed by atoms with Gasteiger partial charge in [-0.05, 0) is 55.5 Å². The molecule has 96 valence electrons. The van der Waals surface area contributed by atoms with Crippen molar-refractivity contribution in [2.45, 2.75) is 25.9 Å². The molecule has 0 aromatic heterocycles. The van der Waals surface area contributed by atoms with Crippen LogP contribution in [-0.4, -0.2) is 31.1 Å². The van der Waals surface area contributed by atoms with Crippen molar-refractivity contribution in [1.29, 1.82) is 0 Å². The molecular formula is C13H20BrFN2. The van der Waals surface area contributed by atoms with Crippen LogP contribution in [0.2, 0.25) is 0 Å². The second-order valence-electron chi connectivity index (χ2n) is 5.02. The summed E-state index contributed by atoms with van der Waals surface area (Å²) in [5, 5.41) is 3.35. The van der Waals surface area contributed by atoms with Crippen molar-refractivity contribution in [2.75, 3.05) is 20.6 Å². The van der Waals surface area contributed by atoms with Gasteiger partial charge in [-0.3, -0.25) is 0 Å². The molecular weight excluding hydrogens is 283 g/mol. The van der Waals surface area contributed by atoms with Crippen LogP contribution in [0.3, 0.4) is 0 Å². The predicted molar refractivity (Wildman–Crippen MR) is 73.6 cm³/mol. The molecule has 1 aromatic carbocycles. The molecule has 0 spiro atoms. The minimum atomic E-state index is -0.212. The van der Waals surface area contributed by atoms with Crippen LogP contribution >= 0.6 is 15.9 Å². The second-order valence-corrected chi connectivity index (χ2v) is 5.82. The fourth-order valence-corrected chi connectivity index (χ4v) is 1.75. The summed E-state index contributed by atoms with van der Waals surface area (Å²) in [6, 6.07) is 5.11. The first-order chi connectivity index (χ1) is 7.84. The number of hydrogen-bond donors (Lipinski definition) is 1. The van der Waals surface area contributed by atoms with Gasteiger partial charge in [-0.2, -0.15) is 0 Å². The number of benzene rings is 1. The number of nitrogens with zero attached hydrogens (tertiary/aromatic N) is 1. The minimum absolute atomic E-state index is 0.0831. The first-order valence-corrected chi connectivity index (χ1v) is 6.45. The Bertz CT molecular complexity index is 378. The van der Waals surface area contributed by atoms with Gasteiger partial charge in [0.2, 0.25) is 0 Å². The summed E-state index contributed by atoms with van der Waals surface area (Å²) < 4.78 is 13.8. The molecule has 0 aliphatic rings. The Hall–Kier alpha value is -0.450. The van der Waals surface area contributed by atoms with E-state index in [2.05, 4.69) is 54.1 Å². The fraction of sp³-hybridized carbons (Fsp3) is 0.538. The topological polar surface area (TPSA) is 15.3 Å². The van der Waals surface area contributed by atoms with E-state index in [1.807, 2.05) is 6.07 Å².